The Labute approximate surface area is 162 Å². The van der Waals surface area contributed by atoms with Gasteiger partial charge >= 0.3 is 0 Å². The molecule has 0 bridgehead atoms. The van der Waals surface area contributed by atoms with Crippen LogP contribution in [0, 0.1) is 21.4 Å². The molecule has 0 aliphatic carbocycles. The lowest BCUT2D eigenvalue weighted by Gasteiger charge is -2.26. The van der Waals surface area contributed by atoms with Gasteiger partial charge in [-0.1, -0.05) is 15.9 Å². The van der Waals surface area contributed by atoms with E-state index in [1.807, 2.05) is 6.07 Å². The van der Waals surface area contributed by atoms with E-state index in [0.29, 0.717) is 36.3 Å². The number of nitriles is 1. The van der Waals surface area contributed by atoms with Crippen molar-refractivity contribution in [3.8, 4) is 17.4 Å². The van der Waals surface area contributed by atoms with Crippen molar-refractivity contribution in [1.82, 2.24) is 4.90 Å². The standard InChI is InChI=1S/C18H14BrN3O5/c19-13-1-3-15(16(10-13)22(24)25)17-4-2-14(27-17)9-12(11-20)18(23)21-5-7-26-8-6-21/h1-4,9-10H,5-8H2/b12-9+. The van der Waals surface area contributed by atoms with Crippen LogP contribution in [0.15, 0.2) is 44.8 Å². The van der Waals surface area contributed by atoms with Crippen molar-refractivity contribution in [2.45, 2.75) is 0 Å². The van der Waals surface area contributed by atoms with E-state index in [1.54, 1.807) is 29.2 Å². The summed E-state index contributed by atoms with van der Waals surface area (Å²) < 4.78 is 11.4. The fourth-order valence-electron chi connectivity index (χ4n) is 2.66. The third kappa shape index (κ3) is 4.24. The molecule has 2 aromatic rings. The fraction of sp³-hybridized carbons (Fsp3) is 0.222. The third-order valence-corrected chi connectivity index (χ3v) is 4.48. The zero-order valence-electron chi connectivity index (χ0n) is 14.1. The van der Waals surface area contributed by atoms with E-state index in [4.69, 9.17) is 9.15 Å². The third-order valence-electron chi connectivity index (χ3n) is 3.98. The van der Waals surface area contributed by atoms with Gasteiger partial charge in [-0.25, -0.2) is 0 Å². The van der Waals surface area contributed by atoms with Gasteiger partial charge in [0, 0.05) is 29.7 Å². The highest BCUT2D eigenvalue weighted by atomic mass is 79.9. The van der Waals surface area contributed by atoms with Crippen molar-refractivity contribution < 1.29 is 18.9 Å². The van der Waals surface area contributed by atoms with Gasteiger partial charge < -0.3 is 14.1 Å². The van der Waals surface area contributed by atoms with E-state index >= 15 is 0 Å². The SMILES string of the molecule is N#C/C(=C\c1ccc(-c2ccc(Br)cc2[N+](=O)[O-])o1)C(=O)N1CCOCC1. The maximum absolute atomic E-state index is 12.4. The summed E-state index contributed by atoms with van der Waals surface area (Å²) in [5, 5.41) is 20.6. The first-order valence-corrected chi connectivity index (χ1v) is 8.82. The lowest BCUT2D eigenvalue weighted by Crippen LogP contribution is -2.41. The van der Waals surface area contributed by atoms with Crippen LogP contribution in [0.4, 0.5) is 5.69 Å². The predicted molar refractivity (Wildman–Crippen MR) is 99.5 cm³/mol. The van der Waals surface area contributed by atoms with Gasteiger partial charge in [0.25, 0.3) is 11.6 Å². The van der Waals surface area contributed by atoms with Gasteiger partial charge in [0.1, 0.15) is 23.2 Å². The number of nitrogens with zero attached hydrogens (tertiary/aromatic N) is 3. The largest absolute Gasteiger partial charge is 0.456 e. The van der Waals surface area contributed by atoms with Gasteiger partial charge in [0.05, 0.1) is 23.7 Å². The molecule has 0 saturated carbocycles. The second kappa shape index (κ2) is 8.16. The van der Waals surface area contributed by atoms with Crippen LogP contribution in [0.3, 0.4) is 0 Å². The molecule has 138 valence electrons. The highest BCUT2D eigenvalue weighted by Gasteiger charge is 2.22. The summed E-state index contributed by atoms with van der Waals surface area (Å²) in [6.07, 6.45) is 1.34. The fourth-order valence-corrected chi connectivity index (χ4v) is 3.01. The first-order valence-electron chi connectivity index (χ1n) is 8.02. The molecule has 2 heterocycles. The molecule has 1 fully saturated rings. The number of furan rings is 1. The maximum Gasteiger partial charge on any atom is 0.281 e. The van der Waals surface area contributed by atoms with Crippen LogP contribution < -0.4 is 0 Å². The molecule has 1 aromatic carbocycles. The molecule has 0 unspecified atom stereocenters. The van der Waals surface area contributed by atoms with Crippen molar-refractivity contribution in [2.75, 3.05) is 26.3 Å². The number of morpholine rings is 1. The molecule has 0 radical (unpaired) electrons. The van der Waals surface area contributed by atoms with E-state index in [0.717, 1.165) is 0 Å². The molecule has 3 rings (SSSR count). The minimum Gasteiger partial charge on any atom is -0.456 e. The number of rotatable bonds is 4. The molecular weight excluding hydrogens is 418 g/mol. The summed E-state index contributed by atoms with van der Waals surface area (Å²) in [5.74, 6) is 0.144. The Morgan fingerprint density at radius 3 is 2.70 bits per heavy atom. The predicted octanol–water partition coefficient (Wildman–Crippen LogP) is 3.38. The van der Waals surface area contributed by atoms with Crippen LogP contribution in [-0.2, 0) is 9.53 Å². The van der Waals surface area contributed by atoms with Crippen molar-refractivity contribution >= 4 is 33.6 Å². The van der Waals surface area contributed by atoms with Crippen molar-refractivity contribution in [3.05, 3.63) is 56.3 Å². The van der Waals surface area contributed by atoms with E-state index in [9.17, 15) is 20.2 Å². The number of hydrogen-bond donors (Lipinski definition) is 0. The monoisotopic (exact) mass is 431 g/mol. The number of nitro benzene ring substituents is 1. The summed E-state index contributed by atoms with van der Waals surface area (Å²) in [6, 6.07) is 9.64. The molecule has 1 aliphatic rings. The lowest BCUT2D eigenvalue weighted by molar-refractivity contribution is -0.384. The molecule has 9 heteroatoms. The summed E-state index contributed by atoms with van der Waals surface area (Å²) in [4.78, 5) is 24.7. The molecule has 1 aliphatic heterocycles. The molecule has 1 aromatic heterocycles. The topological polar surface area (TPSA) is 110 Å². The second-order valence-electron chi connectivity index (χ2n) is 5.69. The molecule has 1 saturated heterocycles. The van der Waals surface area contributed by atoms with Crippen LogP contribution in [0.25, 0.3) is 17.4 Å². The number of halogens is 1. The smallest absolute Gasteiger partial charge is 0.281 e. The quantitative estimate of drug-likeness (QED) is 0.317. The summed E-state index contributed by atoms with van der Waals surface area (Å²) in [6.45, 7) is 1.71. The Kier molecular flexibility index (Phi) is 5.69. The molecule has 0 atom stereocenters. The number of hydrogen-bond acceptors (Lipinski definition) is 6. The highest BCUT2D eigenvalue weighted by molar-refractivity contribution is 9.10. The van der Waals surface area contributed by atoms with Crippen molar-refractivity contribution in [2.24, 2.45) is 0 Å². The molecule has 1 amide bonds. The van der Waals surface area contributed by atoms with Gasteiger partial charge in [-0.2, -0.15) is 5.26 Å². The van der Waals surface area contributed by atoms with Crippen LogP contribution in [0.5, 0.6) is 0 Å². The zero-order valence-corrected chi connectivity index (χ0v) is 15.6. The Morgan fingerprint density at radius 1 is 1.30 bits per heavy atom. The normalized spacial score (nSPS) is 14.7. The number of ether oxygens (including phenoxy) is 1. The van der Waals surface area contributed by atoms with Crippen molar-refractivity contribution in [1.29, 1.82) is 5.26 Å². The number of amides is 1. The van der Waals surface area contributed by atoms with E-state index < -0.39 is 10.8 Å². The number of nitro groups is 1. The number of benzene rings is 1. The average molecular weight is 432 g/mol. The van der Waals surface area contributed by atoms with Gasteiger partial charge in [-0.15, -0.1) is 0 Å². The molecular formula is C18H14BrN3O5. The first kappa shape index (κ1) is 18.8. The first-order chi connectivity index (χ1) is 13.0. The Morgan fingerprint density at radius 2 is 2.04 bits per heavy atom. The Bertz CT molecular complexity index is 954. The zero-order chi connectivity index (χ0) is 19.4. The van der Waals surface area contributed by atoms with Crippen LogP contribution in [0.1, 0.15) is 5.76 Å². The van der Waals surface area contributed by atoms with Gasteiger partial charge in [-0.05, 0) is 24.3 Å². The summed E-state index contributed by atoms with van der Waals surface area (Å²) in [7, 11) is 0. The minimum absolute atomic E-state index is 0.0666. The minimum atomic E-state index is -0.499. The highest BCUT2D eigenvalue weighted by Crippen LogP contribution is 2.33. The van der Waals surface area contributed by atoms with Gasteiger partial charge in [-0.3, -0.25) is 14.9 Å². The van der Waals surface area contributed by atoms with Crippen LogP contribution in [-0.4, -0.2) is 42.0 Å². The summed E-state index contributed by atoms with van der Waals surface area (Å²) in [5.41, 5.74) is 0.128. The number of carbonyl (C=O) groups is 1. The maximum atomic E-state index is 12.4. The molecule has 0 N–H and O–H groups in total. The molecule has 8 nitrogen and oxygen atoms in total. The molecule has 27 heavy (non-hydrogen) atoms. The van der Waals surface area contributed by atoms with Crippen LogP contribution in [0.2, 0.25) is 0 Å². The van der Waals surface area contributed by atoms with Crippen LogP contribution >= 0.6 is 15.9 Å². The van der Waals surface area contributed by atoms with Gasteiger partial charge in [0.2, 0.25) is 0 Å². The average Bonchev–Trinajstić information content (AvgIpc) is 3.14. The summed E-state index contributed by atoms with van der Waals surface area (Å²) >= 11 is 3.21. The second-order valence-corrected chi connectivity index (χ2v) is 6.61. The van der Waals surface area contributed by atoms with E-state index in [-0.39, 0.29) is 22.8 Å². The van der Waals surface area contributed by atoms with Gasteiger partial charge in [0.15, 0.2) is 0 Å². The van der Waals surface area contributed by atoms with E-state index in [2.05, 4.69) is 15.9 Å². The molecule has 0 spiro atoms. The van der Waals surface area contributed by atoms with Crippen molar-refractivity contribution in [3.63, 3.8) is 0 Å². The lowest BCUT2D eigenvalue weighted by atomic mass is 10.1. The number of carbonyl (C=O) groups excluding carboxylic acids is 1. The van der Waals surface area contributed by atoms with E-state index in [1.165, 1.54) is 12.1 Å². The Balaban J connectivity index is 1.89. The Hall–Kier alpha value is -2.96.